The van der Waals surface area contributed by atoms with Crippen molar-refractivity contribution in [3.05, 3.63) is 71.8 Å². The number of alkyl carbamates (subject to hydrolysis) is 1. The fraction of sp³-hybridized carbons (Fsp3) is 0.381. The second kappa shape index (κ2) is 8.34. The lowest BCUT2D eigenvalue weighted by molar-refractivity contribution is 0.0444. The van der Waals surface area contributed by atoms with Crippen LogP contribution in [-0.2, 0) is 22.5 Å². The Morgan fingerprint density at radius 1 is 1.15 bits per heavy atom. The average Bonchev–Trinajstić information content (AvgIpc) is 3.43. The molecule has 5 heteroatoms. The van der Waals surface area contributed by atoms with E-state index in [1.165, 1.54) is 0 Å². The van der Waals surface area contributed by atoms with Crippen LogP contribution in [0, 0.1) is 0 Å². The molecule has 1 heterocycles. The number of benzene rings is 2. The van der Waals surface area contributed by atoms with Crippen molar-refractivity contribution in [2.75, 3.05) is 6.61 Å². The van der Waals surface area contributed by atoms with Crippen LogP contribution in [0.5, 0.6) is 0 Å². The maximum Gasteiger partial charge on any atom is 0.407 e. The van der Waals surface area contributed by atoms with Crippen molar-refractivity contribution in [2.45, 2.75) is 44.1 Å². The molecule has 0 radical (unpaired) electrons. The number of aliphatic hydroxyl groups excluding tert-OH is 1. The Bertz CT molecular complexity index is 700. The molecule has 0 spiro atoms. The highest BCUT2D eigenvalue weighted by Gasteiger charge is 2.49. The molecule has 2 aromatic carbocycles. The molecule has 3 atom stereocenters. The number of epoxide rings is 1. The lowest BCUT2D eigenvalue weighted by Gasteiger charge is -2.26. The summed E-state index contributed by atoms with van der Waals surface area (Å²) in [5, 5.41) is 13.4. The van der Waals surface area contributed by atoms with Gasteiger partial charge in [0.2, 0.25) is 0 Å². The molecule has 26 heavy (non-hydrogen) atoms. The molecule has 5 nitrogen and oxygen atoms in total. The number of ether oxygens (including phenoxy) is 2. The Hall–Kier alpha value is -2.37. The maximum absolute atomic E-state index is 12.2. The summed E-state index contributed by atoms with van der Waals surface area (Å²) < 4.78 is 10.7. The van der Waals surface area contributed by atoms with Gasteiger partial charge in [0, 0.05) is 0 Å². The highest BCUT2D eigenvalue weighted by Crippen LogP contribution is 2.32. The van der Waals surface area contributed by atoms with Crippen LogP contribution in [0.3, 0.4) is 0 Å². The molecule has 2 N–H and O–H groups in total. The van der Waals surface area contributed by atoms with E-state index < -0.39 is 23.8 Å². The Labute approximate surface area is 153 Å². The van der Waals surface area contributed by atoms with E-state index in [9.17, 15) is 9.90 Å². The number of amides is 1. The van der Waals surface area contributed by atoms with Gasteiger partial charge in [-0.05, 0) is 30.9 Å². The first-order chi connectivity index (χ1) is 12.6. The maximum atomic E-state index is 12.2. The van der Waals surface area contributed by atoms with Gasteiger partial charge >= 0.3 is 6.09 Å². The molecule has 3 rings (SSSR count). The summed E-state index contributed by atoms with van der Waals surface area (Å²) in [6.07, 6.45) is 0.0352. The predicted molar refractivity (Wildman–Crippen MR) is 98.7 cm³/mol. The van der Waals surface area contributed by atoms with Crippen LogP contribution in [0.1, 0.15) is 24.5 Å². The standard InChI is InChI=1S/C21H25NO4/c1-21(15-26-21)19(23)18(13-12-16-8-4-2-5-9-16)22-20(24)25-14-17-10-6-3-7-11-17/h2-11,18-19,23H,12-15H2,1H3,(H,22,24)/t18?,19-,21+/m1/s1. The minimum absolute atomic E-state index is 0.196. The first-order valence-corrected chi connectivity index (χ1v) is 8.90. The zero-order valence-electron chi connectivity index (χ0n) is 14.9. The average molecular weight is 355 g/mol. The van der Waals surface area contributed by atoms with Crippen molar-refractivity contribution < 1.29 is 19.4 Å². The van der Waals surface area contributed by atoms with Gasteiger partial charge in [-0.3, -0.25) is 0 Å². The normalized spacial score (nSPS) is 20.8. The summed E-state index contributed by atoms with van der Waals surface area (Å²) >= 11 is 0. The van der Waals surface area contributed by atoms with E-state index in [1.807, 2.05) is 67.6 Å². The van der Waals surface area contributed by atoms with Gasteiger partial charge in [-0.15, -0.1) is 0 Å². The Kier molecular flexibility index (Phi) is 5.91. The summed E-state index contributed by atoms with van der Waals surface area (Å²) in [5.41, 5.74) is 1.49. The zero-order chi connectivity index (χ0) is 18.4. The van der Waals surface area contributed by atoms with Gasteiger partial charge in [0.1, 0.15) is 18.3 Å². The van der Waals surface area contributed by atoms with E-state index in [1.54, 1.807) is 0 Å². The van der Waals surface area contributed by atoms with Crippen molar-refractivity contribution in [1.82, 2.24) is 5.32 Å². The third-order valence-electron chi connectivity index (χ3n) is 4.71. The van der Waals surface area contributed by atoms with Gasteiger partial charge in [0.15, 0.2) is 0 Å². The molecular formula is C21H25NO4. The predicted octanol–water partition coefficient (Wildman–Crippen LogP) is 3.06. The second-order valence-corrected chi connectivity index (χ2v) is 6.88. The molecule has 138 valence electrons. The number of carbonyl (C=O) groups is 1. The highest BCUT2D eigenvalue weighted by atomic mass is 16.6. The highest BCUT2D eigenvalue weighted by molar-refractivity contribution is 5.67. The van der Waals surface area contributed by atoms with Gasteiger partial charge < -0.3 is 19.9 Å². The molecule has 1 unspecified atom stereocenters. The third kappa shape index (κ3) is 5.07. The Morgan fingerprint density at radius 3 is 2.31 bits per heavy atom. The van der Waals surface area contributed by atoms with Gasteiger partial charge in [-0.25, -0.2) is 4.79 Å². The monoisotopic (exact) mass is 355 g/mol. The zero-order valence-corrected chi connectivity index (χ0v) is 14.9. The summed E-state index contributed by atoms with van der Waals surface area (Å²) in [7, 11) is 0. The molecule has 2 aromatic rings. The largest absolute Gasteiger partial charge is 0.445 e. The van der Waals surface area contributed by atoms with Gasteiger partial charge in [0.05, 0.1) is 12.6 Å². The Balaban J connectivity index is 1.56. The van der Waals surface area contributed by atoms with E-state index in [0.717, 1.165) is 17.5 Å². The van der Waals surface area contributed by atoms with Crippen molar-refractivity contribution in [3.8, 4) is 0 Å². The number of hydrogen-bond donors (Lipinski definition) is 2. The number of hydrogen-bond acceptors (Lipinski definition) is 4. The summed E-state index contributed by atoms with van der Waals surface area (Å²) in [4.78, 5) is 12.2. The number of aryl methyl sites for hydroxylation is 1. The van der Waals surface area contributed by atoms with E-state index in [2.05, 4.69) is 5.32 Å². The molecule has 1 amide bonds. The molecular weight excluding hydrogens is 330 g/mol. The van der Waals surface area contributed by atoms with Crippen LogP contribution in [-0.4, -0.2) is 35.6 Å². The molecule has 0 aliphatic carbocycles. The van der Waals surface area contributed by atoms with Crippen LogP contribution in [0.2, 0.25) is 0 Å². The number of aliphatic hydroxyl groups is 1. The smallest absolute Gasteiger partial charge is 0.407 e. The van der Waals surface area contributed by atoms with Crippen LogP contribution in [0.25, 0.3) is 0 Å². The lowest BCUT2D eigenvalue weighted by atomic mass is 9.93. The van der Waals surface area contributed by atoms with Crippen LogP contribution >= 0.6 is 0 Å². The minimum Gasteiger partial charge on any atom is -0.445 e. The molecule has 1 aliphatic heterocycles. The van der Waals surface area contributed by atoms with E-state index >= 15 is 0 Å². The fourth-order valence-corrected chi connectivity index (χ4v) is 2.90. The number of nitrogens with one attached hydrogen (secondary N) is 1. The Morgan fingerprint density at radius 2 is 1.73 bits per heavy atom. The number of rotatable bonds is 8. The van der Waals surface area contributed by atoms with Crippen molar-refractivity contribution in [3.63, 3.8) is 0 Å². The van der Waals surface area contributed by atoms with Crippen molar-refractivity contribution in [1.29, 1.82) is 0 Å². The molecule has 1 saturated heterocycles. The molecule has 0 aromatic heterocycles. The van der Waals surface area contributed by atoms with Crippen LogP contribution in [0.15, 0.2) is 60.7 Å². The second-order valence-electron chi connectivity index (χ2n) is 6.88. The number of carbonyl (C=O) groups excluding carboxylic acids is 1. The fourth-order valence-electron chi connectivity index (χ4n) is 2.90. The van der Waals surface area contributed by atoms with Gasteiger partial charge in [0.25, 0.3) is 0 Å². The summed E-state index contributed by atoms with van der Waals surface area (Å²) in [6.45, 7) is 2.54. The summed E-state index contributed by atoms with van der Waals surface area (Å²) in [5.74, 6) is 0. The topological polar surface area (TPSA) is 71.1 Å². The quantitative estimate of drug-likeness (QED) is 0.714. The van der Waals surface area contributed by atoms with Crippen molar-refractivity contribution in [2.24, 2.45) is 0 Å². The van der Waals surface area contributed by atoms with E-state index in [4.69, 9.17) is 9.47 Å². The van der Waals surface area contributed by atoms with Gasteiger partial charge in [-0.2, -0.15) is 0 Å². The van der Waals surface area contributed by atoms with Crippen LogP contribution < -0.4 is 5.32 Å². The van der Waals surface area contributed by atoms with Gasteiger partial charge in [-0.1, -0.05) is 60.7 Å². The minimum atomic E-state index is -0.782. The molecule has 0 bridgehead atoms. The first kappa shape index (κ1) is 18.4. The van der Waals surface area contributed by atoms with Crippen LogP contribution in [0.4, 0.5) is 4.79 Å². The van der Waals surface area contributed by atoms with E-state index in [0.29, 0.717) is 13.0 Å². The summed E-state index contributed by atoms with van der Waals surface area (Å²) in [6, 6.07) is 19.1. The molecule has 0 saturated carbocycles. The third-order valence-corrected chi connectivity index (χ3v) is 4.71. The molecule has 1 fully saturated rings. The van der Waals surface area contributed by atoms with Crippen molar-refractivity contribution >= 4 is 6.09 Å². The SMILES string of the molecule is C[C@@]1([C@H](O)C(CCc2ccccc2)NC(=O)OCc2ccccc2)CO1. The first-order valence-electron chi connectivity index (χ1n) is 8.90. The van der Waals surface area contributed by atoms with E-state index in [-0.39, 0.29) is 6.61 Å². The lowest BCUT2D eigenvalue weighted by Crippen LogP contribution is -2.49. The molecule has 1 aliphatic rings.